The van der Waals surface area contributed by atoms with Gasteiger partial charge in [-0.15, -0.1) is 0 Å². The molecule has 0 bridgehead atoms. The molecule has 3 atom stereocenters. The van der Waals surface area contributed by atoms with Crippen LogP contribution < -0.4 is 0 Å². The summed E-state index contributed by atoms with van der Waals surface area (Å²) in [5.74, 6) is -0.769. The van der Waals surface area contributed by atoms with Gasteiger partial charge in [-0.3, -0.25) is 9.59 Å². The van der Waals surface area contributed by atoms with E-state index in [-0.39, 0.29) is 29.7 Å². The lowest BCUT2D eigenvalue weighted by Gasteiger charge is -2.02. The number of carbonyl (C=O) groups is 2. The molecule has 12 heavy (non-hydrogen) atoms. The molecule has 0 aromatic heterocycles. The van der Waals surface area contributed by atoms with Crippen molar-refractivity contribution in [1.29, 1.82) is 0 Å². The Balaban J connectivity index is 1.94. The number of fused-ring (bicyclic) bond motifs is 1. The highest BCUT2D eigenvalue weighted by Gasteiger charge is 2.65. The molecule has 0 amide bonds. The average Bonchev–Trinajstić information content (AvgIpc) is 2.65. The minimum Gasteiger partial charge on any atom is -0.466 e. The Bertz CT molecular complexity index is 235. The lowest BCUT2D eigenvalue weighted by Crippen LogP contribution is -2.15. The second-order valence-electron chi connectivity index (χ2n) is 3.10. The molecule has 1 heterocycles. The number of hydrogen-bond acceptors (Lipinski definition) is 4. The SMILES string of the molecule is CCOC(=O)[C@@H]1[C@@H]2COC(=O)[C@H]21. The van der Waals surface area contributed by atoms with Crippen molar-refractivity contribution in [3.8, 4) is 0 Å². The molecule has 2 rings (SSSR count). The Kier molecular flexibility index (Phi) is 1.56. The van der Waals surface area contributed by atoms with Crippen LogP contribution in [-0.4, -0.2) is 25.2 Å². The van der Waals surface area contributed by atoms with Gasteiger partial charge in [0.1, 0.15) is 0 Å². The Morgan fingerprint density at radius 3 is 3.00 bits per heavy atom. The van der Waals surface area contributed by atoms with Gasteiger partial charge in [0.15, 0.2) is 0 Å². The van der Waals surface area contributed by atoms with Crippen molar-refractivity contribution in [1.82, 2.24) is 0 Å². The molecule has 4 heteroatoms. The summed E-state index contributed by atoms with van der Waals surface area (Å²) >= 11 is 0. The van der Waals surface area contributed by atoms with Crippen molar-refractivity contribution in [2.24, 2.45) is 17.8 Å². The van der Waals surface area contributed by atoms with E-state index >= 15 is 0 Å². The highest BCUT2D eigenvalue weighted by Crippen LogP contribution is 2.51. The molecular weight excluding hydrogens is 160 g/mol. The second-order valence-corrected chi connectivity index (χ2v) is 3.10. The first-order valence-corrected chi connectivity index (χ1v) is 4.09. The van der Waals surface area contributed by atoms with Crippen LogP contribution in [-0.2, 0) is 19.1 Å². The van der Waals surface area contributed by atoms with Crippen LogP contribution in [0.5, 0.6) is 0 Å². The molecule has 1 saturated heterocycles. The van der Waals surface area contributed by atoms with Gasteiger partial charge in [0.2, 0.25) is 0 Å². The summed E-state index contributed by atoms with van der Waals surface area (Å²) in [6, 6.07) is 0. The fourth-order valence-corrected chi connectivity index (χ4v) is 1.74. The summed E-state index contributed by atoms with van der Waals surface area (Å²) in [6.07, 6.45) is 0. The fraction of sp³-hybridized carbons (Fsp3) is 0.750. The van der Waals surface area contributed by atoms with Crippen molar-refractivity contribution in [2.45, 2.75) is 6.92 Å². The van der Waals surface area contributed by atoms with Crippen molar-refractivity contribution in [3.63, 3.8) is 0 Å². The lowest BCUT2D eigenvalue weighted by atomic mass is 10.3. The normalized spacial score (nSPS) is 37.1. The smallest absolute Gasteiger partial charge is 0.310 e. The predicted octanol–water partition coefficient (Wildman–Crippen LogP) is -0.0315. The van der Waals surface area contributed by atoms with Gasteiger partial charge in [0.25, 0.3) is 0 Å². The van der Waals surface area contributed by atoms with Crippen LogP contribution in [0.15, 0.2) is 0 Å². The van der Waals surface area contributed by atoms with Gasteiger partial charge < -0.3 is 9.47 Å². The van der Waals surface area contributed by atoms with E-state index in [1.807, 2.05) is 0 Å². The number of cyclic esters (lactones) is 1. The van der Waals surface area contributed by atoms with Crippen LogP contribution in [0.1, 0.15) is 6.92 Å². The summed E-state index contributed by atoms with van der Waals surface area (Å²) in [7, 11) is 0. The number of carbonyl (C=O) groups excluding carboxylic acids is 2. The van der Waals surface area contributed by atoms with E-state index < -0.39 is 0 Å². The first-order chi connectivity index (χ1) is 5.75. The van der Waals surface area contributed by atoms with Crippen LogP contribution in [0.4, 0.5) is 0 Å². The number of esters is 2. The first-order valence-electron chi connectivity index (χ1n) is 4.09. The molecule has 0 aromatic rings. The fourth-order valence-electron chi connectivity index (χ4n) is 1.74. The maximum Gasteiger partial charge on any atom is 0.310 e. The van der Waals surface area contributed by atoms with Gasteiger partial charge in [-0.1, -0.05) is 0 Å². The van der Waals surface area contributed by atoms with Crippen LogP contribution >= 0.6 is 0 Å². The Morgan fingerprint density at radius 2 is 2.50 bits per heavy atom. The zero-order valence-corrected chi connectivity index (χ0v) is 6.78. The summed E-state index contributed by atoms with van der Waals surface area (Å²) < 4.78 is 9.53. The topological polar surface area (TPSA) is 52.6 Å². The molecular formula is C8H10O4. The van der Waals surface area contributed by atoms with Gasteiger partial charge in [-0.2, -0.15) is 0 Å². The van der Waals surface area contributed by atoms with Crippen LogP contribution in [0.3, 0.4) is 0 Å². The molecule has 66 valence electrons. The monoisotopic (exact) mass is 170 g/mol. The van der Waals surface area contributed by atoms with E-state index in [4.69, 9.17) is 9.47 Å². The predicted molar refractivity (Wildman–Crippen MR) is 38.1 cm³/mol. The van der Waals surface area contributed by atoms with E-state index in [1.54, 1.807) is 6.92 Å². The minimum absolute atomic E-state index is 0.108. The molecule has 0 aromatic carbocycles. The van der Waals surface area contributed by atoms with Gasteiger partial charge in [0.05, 0.1) is 25.0 Å². The highest BCUT2D eigenvalue weighted by molar-refractivity contribution is 5.90. The molecule has 2 aliphatic rings. The minimum atomic E-state index is -0.246. The summed E-state index contributed by atoms with van der Waals surface area (Å²) in [5, 5.41) is 0. The van der Waals surface area contributed by atoms with Gasteiger partial charge >= 0.3 is 11.9 Å². The molecule has 1 saturated carbocycles. The molecule has 4 nitrogen and oxygen atoms in total. The lowest BCUT2D eigenvalue weighted by molar-refractivity contribution is -0.151. The van der Waals surface area contributed by atoms with Crippen molar-refractivity contribution < 1.29 is 19.1 Å². The van der Waals surface area contributed by atoms with E-state index in [0.29, 0.717) is 13.2 Å². The second kappa shape index (κ2) is 2.47. The number of ether oxygens (including phenoxy) is 2. The quantitative estimate of drug-likeness (QED) is 0.546. The van der Waals surface area contributed by atoms with E-state index in [0.717, 1.165) is 0 Å². The molecule has 1 aliphatic heterocycles. The van der Waals surface area contributed by atoms with Crippen LogP contribution in [0.25, 0.3) is 0 Å². The number of hydrogen-bond donors (Lipinski definition) is 0. The maximum atomic E-state index is 11.1. The van der Waals surface area contributed by atoms with Crippen LogP contribution in [0.2, 0.25) is 0 Å². The third-order valence-electron chi connectivity index (χ3n) is 2.42. The third kappa shape index (κ3) is 0.906. The summed E-state index contributed by atoms with van der Waals surface area (Å²) in [5.41, 5.74) is 0. The Morgan fingerprint density at radius 1 is 1.75 bits per heavy atom. The van der Waals surface area contributed by atoms with E-state index in [2.05, 4.69) is 0 Å². The molecule has 0 spiro atoms. The zero-order chi connectivity index (χ0) is 8.72. The maximum absolute atomic E-state index is 11.1. The average molecular weight is 170 g/mol. The zero-order valence-electron chi connectivity index (χ0n) is 6.78. The Hall–Kier alpha value is -1.06. The summed E-state index contributed by atoms with van der Waals surface area (Å²) in [6.45, 7) is 2.53. The third-order valence-corrected chi connectivity index (χ3v) is 2.42. The van der Waals surface area contributed by atoms with Gasteiger partial charge in [-0.05, 0) is 6.92 Å². The Labute approximate surface area is 69.8 Å². The highest BCUT2D eigenvalue weighted by atomic mass is 16.6. The first kappa shape index (κ1) is 7.58. The van der Waals surface area contributed by atoms with Crippen molar-refractivity contribution >= 4 is 11.9 Å². The number of rotatable bonds is 2. The summed E-state index contributed by atoms with van der Waals surface area (Å²) in [4.78, 5) is 22.0. The molecule has 0 radical (unpaired) electrons. The molecule has 0 N–H and O–H groups in total. The van der Waals surface area contributed by atoms with Crippen LogP contribution in [0, 0.1) is 17.8 Å². The van der Waals surface area contributed by atoms with E-state index in [9.17, 15) is 9.59 Å². The standard InChI is InChI=1S/C8H10O4/c1-2-11-7(9)5-4-3-12-8(10)6(4)5/h4-6H,2-3H2,1H3/t4-,5+,6+/m0/s1. The van der Waals surface area contributed by atoms with Crippen molar-refractivity contribution in [2.75, 3.05) is 13.2 Å². The largest absolute Gasteiger partial charge is 0.466 e. The van der Waals surface area contributed by atoms with E-state index in [1.165, 1.54) is 0 Å². The molecule has 1 aliphatic carbocycles. The van der Waals surface area contributed by atoms with Gasteiger partial charge in [-0.25, -0.2) is 0 Å². The molecule has 2 fully saturated rings. The van der Waals surface area contributed by atoms with Gasteiger partial charge in [0, 0.05) is 5.92 Å². The molecule has 0 unspecified atom stereocenters. The van der Waals surface area contributed by atoms with Crippen molar-refractivity contribution in [3.05, 3.63) is 0 Å².